The maximum Gasteiger partial charge on any atom is 0.309 e. The molecule has 1 aliphatic rings. The first-order chi connectivity index (χ1) is 8.19. The summed E-state index contributed by atoms with van der Waals surface area (Å²) in [4.78, 5) is 17.1. The number of hydrogen-bond donors (Lipinski definition) is 1. The average Bonchev–Trinajstić information content (AvgIpc) is 2.86. The largest absolute Gasteiger partial charge is 0.481 e. The van der Waals surface area contributed by atoms with Crippen LogP contribution in [0.15, 0.2) is 5.38 Å². The van der Waals surface area contributed by atoms with E-state index in [2.05, 4.69) is 9.88 Å². The summed E-state index contributed by atoms with van der Waals surface area (Å²) in [7, 11) is 1.72. The van der Waals surface area contributed by atoms with Gasteiger partial charge >= 0.3 is 5.97 Å². The van der Waals surface area contributed by atoms with Crippen LogP contribution in [-0.2, 0) is 16.0 Å². The van der Waals surface area contributed by atoms with Crippen LogP contribution in [0.2, 0.25) is 0 Å². The van der Waals surface area contributed by atoms with Gasteiger partial charge in [-0.2, -0.15) is 0 Å². The van der Waals surface area contributed by atoms with E-state index in [1.54, 1.807) is 7.11 Å². The highest BCUT2D eigenvalue weighted by Gasteiger charge is 2.24. The summed E-state index contributed by atoms with van der Waals surface area (Å²) in [6.07, 6.45) is 1.12. The molecule has 1 aromatic rings. The van der Waals surface area contributed by atoms with Crippen LogP contribution in [0.1, 0.15) is 12.1 Å². The molecule has 1 N–H and O–H groups in total. The van der Waals surface area contributed by atoms with Crippen LogP contribution in [0.3, 0.4) is 0 Å². The Kier molecular flexibility index (Phi) is 3.96. The van der Waals surface area contributed by atoms with E-state index < -0.39 is 5.97 Å². The van der Waals surface area contributed by atoms with E-state index in [4.69, 9.17) is 9.84 Å². The molecular formula is C11H16N2O3S. The normalized spacial score (nSPS) is 19.8. The van der Waals surface area contributed by atoms with Gasteiger partial charge in [-0.25, -0.2) is 4.98 Å². The lowest BCUT2D eigenvalue weighted by Gasteiger charge is -2.14. The summed E-state index contributed by atoms with van der Waals surface area (Å²) in [6.45, 7) is 2.71. The number of aromatic nitrogens is 1. The van der Waals surface area contributed by atoms with Crippen LogP contribution in [0.4, 0.5) is 5.13 Å². The number of carboxylic acids is 1. The molecule has 0 aliphatic carbocycles. The van der Waals surface area contributed by atoms with Crippen LogP contribution < -0.4 is 4.90 Å². The summed E-state index contributed by atoms with van der Waals surface area (Å²) in [5.74, 6) is -0.271. The Balaban J connectivity index is 1.94. The lowest BCUT2D eigenvalue weighted by molar-refractivity contribution is -0.136. The number of carboxylic acid groups (broad SMARTS) is 1. The smallest absolute Gasteiger partial charge is 0.309 e. The van der Waals surface area contributed by atoms with Gasteiger partial charge in [0, 0.05) is 31.5 Å². The topological polar surface area (TPSA) is 62.7 Å². The number of aliphatic carboxylic acids is 1. The van der Waals surface area contributed by atoms with Crippen molar-refractivity contribution in [2.45, 2.75) is 12.8 Å². The molecule has 0 radical (unpaired) electrons. The quantitative estimate of drug-likeness (QED) is 0.859. The average molecular weight is 256 g/mol. The Hall–Kier alpha value is -1.14. The van der Waals surface area contributed by atoms with Crippen molar-refractivity contribution in [2.24, 2.45) is 5.92 Å². The minimum Gasteiger partial charge on any atom is -0.481 e. The molecule has 0 amide bonds. The molecule has 1 aliphatic heterocycles. The fourth-order valence-electron chi connectivity index (χ4n) is 2.06. The Labute approximate surface area is 104 Å². The standard InChI is InChI=1S/C11H16N2O3S/c1-16-6-8-2-3-13(5-8)11-12-9(7-17-11)4-10(14)15/h7-8H,2-6H2,1H3,(H,14,15). The molecule has 17 heavy (non-hydrogen) atoms. The molecule has 1 fully saturated rings. The maximum atomic E-state index is 10.6. The number of nitrogens with zero attached hydrogens (tertiary/aromatic N) is 2. The summed E-state index contributed by atoms with van der Waals surface area (Å²) >= 11 is 1.52. The molecule has 5 nitrogen and oxygen atoms in total. The Morgan fingerprint density at radius 3 is 3.29 bits per heavy atom. The monoisotopic (exact) mass is 256 g/mol. The molecule has 0 spiro atoms. The minimum atomic E-state index is -0.833. The van der Waals surface area contributed by atoms with Gasteiger partial charge in [-0.3, -0.25) is 4.79 Å². The highest BCUT2D eigenvalue weighted by molar-refractivity contribution is 7.13. The fourth-order valence-corrected chi connectivity index (χ4v) is 2.92. The van der Waals surface area contributed by atoms with E-state index in [0.717, 1.165) is 31.2 Å². The molecule has 1 aromatic heterocycles. The molecule has 0 aromatic carbocycles. The molecule has 0 bridgehead atoms. The van der Waals surface area contributed by atoms with Gasteiger partial charge in [-0.05, 0) is 6.42 Å². The zero-order valence-corrected chi connectivity index (χ0v) is 10.6. The molecule has 0 saturated carbocycles. The highest BCUT2D eigenvalue weighted by Crippen LogP contribution is 2.27. The second kappa shape index (κ2) is 5.46. The van der Waals surface area contributed by atoms with Gasteiger partial charge in [0.15, 0.2) is 5.13 Å². The maximum absolute atomic E-state index is 10.6. The number of thiazole rings is 1. The summed E-state index contributed by atoms with van der Waals surface area (Å²) < 4.78 is 5.15. The molecule has 1 unspecified atom stereocenters. The molecule has 2 heterocycles. The zero-order chi connectivity index (χ0) is 12.3. The summed E-state index contributed by atoms with van der Waals surface area (Å²) in [5, 5.41) is 11.4. The van der Waals surface area contributed by atoms with Crippen LogP contribution >= 0.6 is 11.3 Å². The predicted molar refractivity (Wildman–Crippen MR) is 65.6 cm³/mol. The molecular weight excluding hydrogens is 240 g/mol. The van der Waals surface area contributed by atoms with Crippen molar-refractivity contribution in [2.75, 3.05) is 31.7 Å². The van der Waals surface area contributed by atoms with Gasteiger partial charge in [-0.1, -0.05) is 0 Å². The van der Waals surface area contributed by atoms with E-state index in [1.807, 2.05) is 5.38 Å². The molecule has 1 atom stereocenters. The Morgan fingerprint density at radius 1 is 1.76 bits per heavy atom. The van der Waals surface area contributed by atoms with Crippen LogP contribution in [-0.4, -0.2) is 42.9 Å². The Morgan fingerprint density at radius 2 is 2.59 bits per heavy atom. The van der Waals surface area contributed by atoms with Crippen LogP contribution in [0, 0.1) is 5.92 Å². The van der Waals surface area contributed by atoms with Crippen molar-refractivity contribution in [3.63, 3.8) is 0 Å². The highest BCUT2D eigenvalue weighted by atomic mass is 32.1. The van der Waals surface area contributed by atoms with Crippen LogP contribution in [0.5, 0.6) is 0 Å². The summed E-state index contributed by atoms with van der Waals surface area (Å²) in [5.41, 5.74) is 0.646. The van der Waals surface area contributed by atoms with Crippen molar-refractivity contribution in [3.8, 4) is 0 Å². The van der Waals surface area contributed by atoms with E-state index in [0.29, 0.717) is 11.6 Å². The van der Waals surface area contributed by atoms with Crippen molar-refractivity contribution in [1.82, 2.24) is 4.98 Å². The van der Waals surface area contributed by atoms with Crippen molar-refractivity contribution < 1.29 is 14.6 Å². The first kappa shape index (κ1) is 12.3. The van der Waals surface area contributed by atoms with Crippen molar-refractivity contribution >= 4 is 22.4 Å². The zero-order valence-electron chi connectivity index (χ0n) is 9.76. The first-order valence-corrected chi connectivity index (χ1v) is 6.47. The van der Waals surface area contributed by atoms with Gasteiger partial charge in [0.05, 0.1) is 18.7 Å². The third-order valence-corrected chi connectivity index (χ3v) is 3.78. The molecule has 2 rings (SSSR count). The molecule has 6 heteroatoms. The lowest BCUT2D eigenvalue weighted by Crippen LogP contribution is -2.20. The van der Waals surface area contributed by atoms with E-state index in [-0.39, 0.29) is 6.42 Å². The second-order valence-corrected chi connectivity index (χ2v) is 5.08. The Bertz CT molecular complexity index is 394. The second-order valence-electron chi connectivity index (χ2n) is 4.25. The first-order valence-electron chi connectivity index (χ1n) is 5.59. The SMILES string of the molecule is COCC1CCN(c2nc(CC(=O)O)cs2)C1. The third kappa shape index (κ3) is 3.17. The number of hydrogen-bond acceptors (Lipinski definition) is 5. The summed E-state index contributed by atoms with van der Waals surface area (Å²) in [6, 6.07) is 0. The van der Waals surface area contributed by atoms with E-state index >= 15 is 0 Å². The van der Waals surface area contributed by atoms with Gasteiger partial charge in [0.25, 0.3) is 0 Å². The number of anilines is 1. The number of carbonyl (C=O) groups is 1. The van der Waals surface area contributed by atoms with E-state index in [1.165, 1.54) is 11.3 Å². The fraction of sp³-hybridized carbons (Fsp3) is 0.636. The van der Waals surface area contributed by atoms with Crippen molar-refractivity contribution in [3.05, 3.63) is 11.1 Å². The number of methoxy groups -OCH3 is 1. The van der Waals surface area contributed by atoms with Gasteiger partial charge in [0.2, 0.25) is 0 Å². The van der Waals surface area contributed by atoms with Crippen LogP contribution in [0.25, 0.3) is 0 Å². The minimum absolute atomic E-state index is 0.00579. The molecule has 1 saturated heterocycles. The van der Waals surface area contributed by atoms with Gasteiger partial charge in [-0.15, -0.1) is 11.3 Å². The number of rotatable bonds is 5. The van der Waals surface area contributed by atoms with E-state index in [9.17, 15) is 4.79 Å². The van der Waals surface area contributed by atoms with Crippen molar-refractivity contribution in [1.29, 1.82) is 0 Å². The lowest BCUT2D eigenvalue weighted by atomic mass is 10.1. The van der Waals surface area contributed by atoms with Gasteiger partial charge < -0.3 is 14.7 Å². The third-order valence-electron chi connectivity index (χ3n) is 2.83. The van der Waals surface area contributed by atoms with Gasteiger partial charge in [0.1, 0.15) is 0 Å². The number of ether oxygens (including phenoxy) is 1. The predicted octanol–water partition coefficient (Wildman–Crippen LogP) is 1.24. The molecule has 94 valence electrons.